The second kappa shape index (κ2) is 3.81. The third kappa shape index (κ3) is 1.66. The monoisotopic (exact) mass is 222 g/mol. The van der Waals surface area contributed by atoms with Crippen molar-refractivity contribution in [2.45, 2.75) is 19.8 Å². The van der Waals surface area contributed by atoms with E-state index in [0.29, 0.717) is 5.92 Å². The minimum absolute atomic E-state index is 0.360. The fourth-order valence-electron chi connectivity index (χ4n) is 2.06. The third-order valence-electron chi connectivity index (χ3n) is 3.01. The predicted molar refractivity (Wildman–Crippen MR) is 71.1 cm³/mol. The molecule has 0 aliphatic heterocycles. The SMILES string of the molecule is CC(C)c1ncc2ccc3ccccc3c2n1. The molecule has 3 aromatic rings. The van der Waals surface area contributed by atoms with Crippen molar-refractivity contribution < 1.29 is 0 Å². The molecule has 0 aliphatic carbocycles. The predicted octanol–water partition coefficient (Wildman–Crippen LogP) is 3.91. The lowest BCUT2D eigenvalue weighted by molar-refractivity contribution is 0.783. The van der Waals surface area contributed by atoms with Gasteiger partial charge in [-0.05, 0) is 5.39 Å². The molecule has 2 aromatic carbocycles. The van der Waals surface area contributed by atoms with Crippen LogP contribution >= 0.6 is 0 Å². The lowest BCUT2D eigenvalue weighted by atomic mass is 10.1. The van der Waals surface area contributed by atoms with Gasteiger partial charge in [0.05, 0.1) is 5.52 Å². The summed E-state index contributed by atoms with van der Waals surface area (Å²) in [6, 6.07) is 12.6. The smallest absolute Gasteiger partial charge is 0.131 e. The highest BCUT2D eigenvalue weighted by Gasteiger charge is 2.06. The molecule has 0 atom stereocenters. The first kappa shape index (κ1) is 10.2. The fraction of sp³-hybridized carbons (Fsp3) is 0.200. The number of hydrogen-bond acceptors (Lipinski definition) is 2. The molecule has 3 rings (SSSR count). The van der Waals surface area contributed by atoms with Gasteiger partial charge in [0, 0.05) is 22.9 Å². The maximum absolute atomic E-state index is 4.69. The van der Waals surface area contributed by atoms with E-state index in [9.17, 15) is 0 Å². The first-order valence-corrected chi connectivity index (χ1v) is 5.90. The van der Waals surface area contributed by atoms with Crippen LogP contribution in [0.4, 0.5) is 0 Å². The molecule has 1 aromatic heterocycles. The average molecular weight is 222 g/mol. The Morgan fingerprint density at radius 3 is 2.53 bits per heavy atom. The van der Waals surface area contributed by atoms with Gasteiger partial charge >= 0.3 is 0 Å². The van der Waals surface area contributed by atoms with Crippen molar-refractivity contribution in [1.29, 1.82) is 0 Å². The summed E-state index contributed by atoms with van der Waals surface area (Å²) in [4.78, 5) is 9.09. The number of fused-ring (bicyclic) bond motifs is 3. The maximum Gasteiger partial charge on any atom is 0.131 e. The molecule has 1 heterocycles. The molecule has 0 N–H and O–H groups in total. The molecule has 0 radical (unpaired) electrons. The standard InChI is InChI=1S/C15H14N2/c1-10(2)15-16-9-12-8-7-11-5-3-4-6-13(11)14(12)17-15/h3-10H,1-2H3. The Kier molecular flexibility index (Phi) is 2.29. The first-order chi connectivity index (χ1) is 8.25. The minimum Gasteiger partial charge on any atom is -0.240 e. The topological polar surface area (TPSA) is 25.8 Å². The van der Waals surface area contributed by atoms with Crippen molar-refractivity contribution in [2.24, 2.45) is 0 Å². The van der Waals surface area contributed by atoms with Crippen molar-refractivity contribution in [3.8, 4) is 0 Å². The van der Waals surface area contributed by atoms with Gasteiger partial charge < -0.3 is 0 Å². The van der Waals surface area contributed by atoms with E-state index in [1.54, 1.807) is 0 Å². The number of benzene rings is 2. The highest BCUT2D eigenvalue weighted by atomic mass is 14.9. The van der Waals surface area contributed by atoms with Gasteiger partial charge in [-0.3, -0.25) is 0 Å². The van der Waals surface area contributed by atoms with Crippen LogP contribution in [0.3, 0.4) is 0 Å². The number of nitrogens with zero attached hydrogens (tertiary/aromatic N) is 2. The minimum atomic E-state index is 0.360. The van der Waals surface area contributed by atoms with E-state index in [4.69, 9.17) is 4.98 Å². The van der Waals surface area contributed by atoms with Gasteiger partial charge in [0.25, 0.3) is 0 Å². The van der Waals surface area contributed by atoms with Crippen LogP contribution in [-0.4, -0.2) is 9.97 Å². The molecule has 84 valence electrons. The Balaban J connectivity index is 2.42. The van der Waals surface area contributed by atoms with Crippen LogP contribution in [0.25, 0.3) is 21.7 Å². The van der Waals surface area contributed by atoms with E-state index >= 15 is 0 Å². The van der Waals surface area contributed by atoms with Crippen LogP contribution in [0.5, 0.6) is 0 Å². The van der Waals surface area contributed by atoms with Crippen molar-refractivity contribution in [3.63, 3.8) is 0 Å². The van der Waals surface area contributed by atoms with Crippen LogP contribution < -0.4 is 0 Å². The van der Waals surface area contributed by atoms with Crippen molar-refractivity contribution in [3.05, 3.63) is 48.4 Å². The summed E-state index contributed by atoms with van der Waals surface area (Å²) in [5, 5.41) is 3.54. The molecule has 0 bridgehead atoms. The fourth-order valence-corrected chi connectivity index (χ4v) is 2.06. The van der Waals surface area contributed by atoms with Gasteiger partial charge in [-0.1, -0.05) is 50.2 Å². The van der Waals surface area contributed by atoms with Crippen LogP contribution in [0, 0.1) is 0 Å². The van der Waals surface area contributed by atoms with Gasteiger partial charge in [-0.15, -0.1) is 0 Å². The molecule has 0 fully saturated rings. The molecule has 0 aliphatic rings. The zero-order valence-corrected chi connectivity index (χ0v) is 10.0. The normalized spacial score (nSPS) is 11.5. The zero-order valence-electron chi connectivity index (χ0n) is 10.0. The molecular weight excluding hydrogens is 208 g/mol. The van der Waals surface area contributed by atoms with Crippen molar-refractivity contribution in [2.75, 3.05) is 0 Å². The third-order valence-corrected chi connectivity index (χ3v) is 3.01. The maximum atomic E-state index is 4.69. The molecule has 0 spiro atoms. The van der Waals surface area contributed by atoms with Gasteiger partial charge in [-0.25, -0.2) is 9.97 Å². The second-order valence-corrected chi connectivity index (χ2v) is 4.61. The van der Waals surface area contributed by atoms with E-state index in [1.807, 2.05) is 6.20 Å². The molecule has 0 unspecified atom stereocenters. The summed E-state index contributed by atoms with van der Waals surface area (Å²) >= 11 is 0. The van der Waals surface area contributed by atoms with Gasteiger partial charge in [0.15, 0.2) is 0 Å². The first-order valence-electron chi connectivity index (χ1n) is 5.90. The molecule has 2 nitrogen and oxygen atoms in total. The summed E-state index contributed by atoms with van der Waals surface area (Å²) in [5.41, 5.74) is 1.06. The molecular formula is C15H14N2. The summed E-state index contributed by atoms with van der Waals surface area (Å²) in [5.74, 6) is 1.27. The number of aromatic nitrogens is 2. The van der Waals surface area contributed by atoms with E-state index in [-0.39, 0.29) is 0 Å². The molecule has 2 heteroatoms. The molecule has 0 saturated heterocycles. The van der Waals surface area contributed by atoms with Crippen LogP contribution in [0.1, 0.15) is 25.6 Å². The van der Waals surface area contributed by atoms with Gasteiger partial charge in [-0.2, -0.15) is 0 Å². The van der Waals surface area contributed by atoms with E-state index in [1.165, 1.54) is 10.8 Å². The number of hydrogen-bond donors (Lipinski definition) is 0. The highest BCUT2D eigenvalue weighted by molar-refractivity contribution is 6.04. The second-order valence-electron chi connectivity index (χ2n) is 4.61. The summed E-state index contributed by atoms with van der Waals surface area (Å²) in [7, 11) is 0. The lowest BCUT2D eigenvalue weighted by Gasteiger charge is -2.07. The molecule has 0 saturated carbocycles. The van der Waals surface area contributed by atoms with Gasteiger partial charge in [0.1, 0.15) is 5.82 Å². The lowest BCUT2D eigenvalue weighted by Crippen LogP contribution is -1.97. The van der Waals surface area contributed by atoms with Crippen molar-refractivity contribution >= 4 is 21.7 Å². The summed E-state index contributed by atoms with van der Waals surface area (Å²) < 4.78 is 0. The van der Waals surface area contributed by atoms with Crippen LogP contribution in [0.15, 0.2) is 42.6 Å². The Morgan fingerprint density at radius 1 is 0.941 bits per heavy atom. The summed E-state index contributed by atoms with van der Waals surface area (Å²) in [6.07, 6.45) is 1.92. The van der Waals surface area contributed by atoms with Gasteiger partial charge in [0.2, 0.25) is 0 Å². The molecule has 0 amide bonds. The highest BCUT2D eigenvalue weighted by Crippen LogP contribution is 2.24. The van der Waals surface area contributed by atoms with E-state index < -0.39 is 0 Å². The number of rotatable bonds is 1. The Morgan fingerprint density at radius 2 is 1.71 bits per heavy atom. The van der Waals surface area contributed by atoms with E-state index in [2.05, 4.69) is 55.2 Å². The Labute approximate surface area is 100 Å². The van der Waals surface area contributed by atoms with Crippen molar-refractivity contribution in [1.82, 2.24) is 9.97 Å². The molecule has 17 heavy (non-hydrogen) atoms. The zero-order chi connectivity index (χ0) is 11.8. The largest absolute Gasteiger partial charge is 0.240 e. The Bertz CT molecular complexity index is 687. The van der Waals surface area contributed by atoms with Crippen LogP contribution in [-0.2, 0) is 0 Å². The van der Waals surface area contributed by atoms with E-state index in [0.717, 1.165) is 16.7 Å². The Hall–Kier alpha value is -1.96. The van der Waals surface area contributed by atoms with Crippen LogP contribution in [0.2, 0.25) is 0 Å². The average Bonchev–Trinajstić information content (AvgIpc) is 2.38. The summed E-state index contributed by atoms with van der Waals surface area (Å²) in [6.45, 7) is 4.23. The quantitative estimate of drug-likeness (QED) is 0.583.